The number of nitrogens with two attached hydrogens (primary N) is 1. The second kappa shape index (κ2) is 6.05. The van der Waals surface area contributed by atoms with Crippen molar-refractivity contribution in [1.82, 2.24) is 5.32 Å². The molecule has 1 amide bonds. The quantitative estimate of drug-likeness (QED) is 0.840. The van der Waals surface area contributed by atoms with Crippen LogP contribution in [-0.2, 0) is 0 Å². The van der Waals surface area contributed by atoms with Crippen molar-refractivity contribution in [2.45, 2.75) is 13.0 Å². The summed E-state index contributed by atoms with van der Waals surface area (Å²) in [5.74, 6) is -0.650. The van der Waals surface area contributed by atoms with E-state index >= 15 is 0 Å². The van der Waals surface area contributed by atoms with E-state index in [1.807, 2.05) is 19.1 Å². The molecule has 1 atom stereocenters. The maximum absolute atomic E-state index is 13.1. The summed E-state index contributed by atoms with van der Waals surface area (Å²) in [5.41, 5.74) is 7.65. The van der Waals surface area contributed by atoms with Gasteiger partial charge in [-0.15, -0.1) is 0 Å². The van der Waals surface area contributed by atoms with Gasteiger partial charge in [0.05, 0.1) is 10.5 Å². The van der Waals surface area contributed by atoms with E-state index in [4.69, 9.17) is 5.73 Å². The molecular formula is C15H14BrFN2O. The van der Waals surface area contributed by atoms with Gasteiger partial charge in [-0.1, -0.05) is 12.1 Å². The van der Waals surface area contributed by atoms with Crippen molar-refractivity contribution in [2.24, 2.45) is 0 Å². The topological polar surface area (TPSA) is 55.1 Å². The lowest BCUT2D eigenvalue weighted by atomic mass is 10.1. The molecule has 0 saturated carbocycles. The average Bonchev–Trinajstić information content (AvgIpc) is 2.42. The smallest absolute Gasteiger partial charge is 0.251 e. The van der Waals surface area contributed by atoms with Crippen LogP contribution in [0.2, 0.25) is 0 Å². The van der Waals surface area contributed by atoms with Gasteiger partial charge in [-0.3, -0.25) is 4.79 Å². The minimum absolute atomic E-state index is 0.160. The van der Waals surface area contributed by atoms with Gasteiger partial charge in [0.15, 0.2) is 0 Å². The SMILES string of the molecule is CC(NC(=O)c1ccc(F)c(Br)c1)c1ccc(N)cc1. The lowest BCUT2D eigenvalue weighted by Gasteiger charge is -2.14. The molecular weight excluding hydrogens is 323 g/mol. The van der Waals surface area contributed by atoms with Crippen LogP contribution in [0.1, 0.15) is 28.9 Å². The molecule has 2 aromatic rings. The molecule has 0 spiro atoms. The maximum atomic E-state index is 13.1. The summed E-state index contributed by atoms with van der Waals surface area (Å²) in [5, 5.41) is 2.86. The van der Waals surface area contributed by atoms with Crippen LogP contribution in [0, 0.1) is 5.82 Å². The van der Waals surface area contributed by atoms with Crippen LogP contribution in [-0.4, -0.2) is 5.91 Å². The Morgan fingerprint density at radius 3 is 2.50 bits per heavy atom. The van der Waals surface area contributed by atoms with Crippen LogP contribution in [0.15, 0.2) is 46.9 Å². The summed E-state index contributed by atoms with van der Waals surface area (Å²) in [6.07, 6.45) is 0. The molecule has 0 bridgehead atoms. The van der Waals surface area contributed by atoms with Crippen molar-refractivity contribution >= 4 is 27.5 Å². The minimum Gasteiger partial charge on any atom is -0.399 e. The summed E-state index contributed by atoms with van der Waals surface area (Å²) >= 11 is 3.06. The third-order valence-electron chi connectivity index (χ3n) is 2.97. The van der Waals surface area contributed by atoms with Gasteiger partial charge >= 0.3 is 0 Å². The second-order valence-corrected chi connectivity index (χ2v) is 5.35. The van der Waals surface area contributed by atoms with Crippen molar-refractivity contribution < 1.29 is 9.18 Å². The first-order valence-corrected chi connectivity index (χ1v) is 6.88. The van der Waals surface area contributed by atoms with E-state index in [1.165, 1.54) is 18.2 Å². The highest BCUT2D eigenvalue weighted by Crippen LogP contribution is 2.18. The van der Waals surface area contributed by atoms with E-state index in [0.29, 0.717) is 11.3 Å². The normalized spacial score (nSPS) is 11.9. The Morgan fingerprint density at radius 2 is 1.90 bits per heavy atom. The monoisotopic (exact) mass is 336 g/mol. The van der Waals surface area contributed by atoms with Gasteiger partial charge in [-0.05, 0) is 58.7 Å². The highest BCUT2D eigenvalue weighted by Gasteiger charge is 2.12. The average molecular weight is 337 g/mol. The number of hydrogen-bond acceptors (Lipinski definition) is 2. The standard InChI is InChI=1S/C15H14BrFN2O/c1-9(10-2-5-12(18)6-3-10)19-15(20)11-4-7-14(17)13(16)8-11/h2-9H,18H2,1H3,(H,19,20). The van der Waals surface area contributed by atoms with Crippen molar-refractivity contribution in [3.63, 3.8) is 0 Å². The van der Waals surface area contributed by atoms with Crippen molar-refractivity contribution in [3.8, 4) is 0 Å². The van der Waals surface area contributed by atoms with E-state index in [2.05, 4.69) is 21.2 Å². The third kappa shape index (κ3) is 3.36. The highest BCUT2D eigenvalue weighted by atomic mass is 79.9. The first-order valence-electron chi connectivity index (χ1n) is 6.08. The zero-order chi connectivity index (χ0) is 14.7. The lowest BCUT2D eigenvalue weighted by molar-refractivity contribution is 0.0940. The minimum atomic E-state index is -0.395. The maximum Gasteiger partial charge on any atom is 0.251 e. The molecule has 1 unspecified atom stereocenters. The fourth-order valence-corrected chi connectivity index (χ4v) is 2.16. The fourth-order valence-electron chi connectivity index (χ4n) is 1.79. The number of carbonyl (C=O) groups is 1. The molecule has 20 heavy (non-hydrogen) atoms. The van der Waals surface area contributed by atoms with Gasteiger partial charge in [-0.2, -0.15) is 0 Å². The summed E-state index contributed by atoms with van der Waals surface area (Å²) < 4.78 is 13.4. The Bertz CT molecular complexity index is 628. The Morgan fingerprint density at radius 1 is 1.25 bits per heavy atom. The first-order chi connectivity index (χ1) is 9.47. The molecule has 2 rings (SSSR count). The number of nitrogens with one attached hydrogen (secondary N) is 1. The van der Waals surface area contributed by atoms with Crippen LogP contribution in [0.4, 0.5) is 10.1 Å². The van der Waals surface area contributed by atoms with E-state index in [1.54, 1.807) is 12.1 Å². The number of rotatable bonds is 3. The molecule has 0 aliphatic carbocycles. The number of benzene rings is 2. The zero-order valence-electron chi connectivity index (χ0n) is 10.9. The van der Waals surface area contributed by atoms with E-state index in [9.17, 15) is 9.18 Å². The van der Waals surface area contributed by atoms with E-state index in [-0.39, 0.29) is 16.4 Å². The zero-order valence-corrected chi connectivity index (χ0v) is 12.4. The molecule has 0 fully saturated rings. The Balaban J connectivity index is 2.10. The van der Waals surface area contributed by atoms with Gasteiger partial charge in [0.2, 0.25) is 0 Å². The van der Waals surface area contributed by atoms with Crippen molar-refractivity contribution in [2.75, 3.05) is 5.73 Å². The predicted octanol–water partition coefficient (Wildman–Crippen LogP) is 3.66. The highest BCUT2D eigenvalue weighted by molar-refractivity contribution is 9.10. The van der Waals surface area contributed by atoms with Gasteiger partial charge in [0.25, 0.3) is 5.91 Å². The van der Waals surface area contributed by atoms with Crippen LogP contribution in [0.3, 0.4) is 0 Å². The molecule has 0 aliphatic heterocycles. The third-order valence-corrected chi connectivity index (χ3v) is 3.57. The summed E-state index contributed by atoms with van der Waals surface area (Å²) in [7, 11) is 0. The van der Waals surface area contributed by atoms with Crippen LogP contribution >= 0.6 is 15.9 Å². The number of nitrogen functional groups attached to an aromatic ring is 1. The summed E-state index contributed by atoms with van der Waals surface area (Å²) in [6.45, 7) is 1.88. The van der Waals surface area contributed by atoms with Gasteiger partial charge in [0, 0.05) is 11.3 Å². The van der Waals surface area contributed by atoms with Crippen LogP contribution in [0.25, 0.3) is 0 Å². The number of halogens is 2. The molecule has 0 heterocycles. The molecule has 0 aromatic heterocycles. The summed E-state index contributed by atoms with van der Waals surface area (Å²) in [6, 6.07) is 11.3. The molecule has 5 heteroatoms. The number of amides is 1. The van der Waals surface area contributed by atoms with Crippen molar-refractivity contribution in [3.05, 3.63) is 63.9 Å². The molecule has 0 radical (unpaired) electrons. The molecule has 0 aliphatic rings. The van der Waals surface area contributed by atoms with E-state index < -0.39 is 5.82 Å². The number of anilines is 1. The van der Waals surface area contributed by atoms with Crippen LogP contribution in [0.5, 0.6) is 0 Å². The Kier molecular flexibility index (Phi) is 4.39. The van der Waals surface area contributed by atoms with Gasteiger partial charge in [-0.25, -0.2) is 4.39 Å². The Hall–Kier alpha value is -1.88. The van der Waals surface area contributed by atoms with E-state index in [0.717, 1.165) is 5.56 Å². The van der Waals surface area contributed by atoms with Crippen LogP contribution < -0.4 is 11.1 Å². The lowest BCUT2D eigenvalue weighted by Crippen LogP contribution is -2.26. The summed E-state index contributed by atoms with van der Waals surface area (Å²) in [4.78, 5) is 12.1. The second-order valence-electron chi connectivity index (χ2n) is 4.49. The molecule has 104 valence electrons. The fraction of sp³-hybridized carbons (Fsp3) is 0.133. The molecule has 2 aromatic carbocycles. The van der Waals surface area contributed by atoms with Crippen molar-refractivity contribution in [1.29, 1.82) is 0 Å². The molecule has 3 nitrogen and oxygen atoms in total. The van der Waals surface area contributed by atoms with Gasteiger partial charge < -0.3 is 11.1 Å². The Labute approximate surface area is 125 Å². The molecule has 3 N–H and O–H groups in total. The number of hydrogen-bond donors (Lipinski definition) is 2. The van der Waals surface area contributed by atoms with Gasteiger partial charge in [0.1, 0.15) is 5.82 Å². The first kappa shape index (κ1) is 14.5. The predicted molar refractivity (Wildman–Crippen MR) is 80.8 cm³/mol. The largest absolute Gasteiger partial charge is 0.399 e. The molecule has 0 saturated heterocycles. The number of carbonyl (C=O) groups excluding carboxylic acids is 1.